The minimum absolute atomic E-state index is 0.109. The summed E-state index contributed by atoms with van der Waals surface area (Å²) in [4.78, 5) is 65.8. The summed E-state index contributed by atoms with van der Waals surface area (Å²) in [5, 5.41) is 2.92. The maximum absolute atomic E-state index is 14.2. The number of carbonyl (C=O) groups is 3. The van der Waals surface area contributed by atoms with Gasteiger partial charge in [0, 0.05) is 53.3 Å². The Morgan fingerprint density at radius 3 is 2.56 bits per heavy atom. The first-order valence-corrected chi connectivity index (χ1v) is 16.8. The minimum Gasteiger partial charge on any atom is -0.340 e. The van der Waals surface area contributed by atoms with Crippen molar-refractivity contribution in [3.8, 4) is 0 Å². The van der Waals surface area contributed by atoms with Crippen LogP contribution in [0.15, 0.2) is 42.7 Å². The van der Waals surface area contributed by atoms with E-state index in [0.717, 1.165) is 23.5 Å². The molecule has 240 valence electrons. The molecule has 1 aromatic carbocycles. The standard InChI is InChI=1S/C29H29F4N4O6PS/c30-25(31)19-8-9-34-12-20(19)16-13-36(14-16)28(40)22-6-5-18-2-1-3-21(27(39)37(18)22)35-26(38)24-11-15-10-17(4-7-23(15)45-24)29(32,33)44(41,42)43/h4,7-12,16,18,21-22,25H,1-3,5-6,13-14H2,(H,35,38)(H2,41,42,43)/t18-,21-,22-/m0/s1. The zero-order chi connectivity index (χ0) is 32.3. The van der Waals surface area contributed by atoms with Gasteiger partial charge in [-0.15, -0.1) is 11.3 Å². The molecule has 45 heavy (non-hydrogen) atoms. The molecule has 3 fully saturated rings. The number of nitrogens with zero attached hydrogens (tertiary/aromatic N) is 3. The Bertz CT molecular complexity index is 1710. The Morgan fingerprint density at radius 1 is 1.09 bits per heavy atom. The second-order valence-corrected chi connectivity index (χ2v) is 14.4. The van der Waals surface area contributed by atoms with Crippen molar-refractivity contribution >= 4 is 46.7 Å². The van der Waals surface area contributed by atoms with Crippen LogP contribution < -0.4 is 5.32 Å². The highest BCUT2D eigenvalue weighted by molar-refractivity contribution is 7.52. The van der Waals surface area contributed by atoms with E-state index in [-0.39, 0.29) is 46.8 Å². The topological polar surface area (TPSA) is 140 Å². The first kappa shape index (κ1) is 31.6. The van der Waals surface area contributed by atoms with Crippen LogP contribution in [0.4, 0.5) is 17.6 Å². The molecule has 0 aliphatic carbocycles. The maximum Gasteiger partial charge on any atom is 0.399 e. The van der Waals surface area contributed by atoms with Gasteiger partial charge in [-0.1, -0.05) is 6.07 Å². The highest BCUT2D eigenvalue weighted by Crippen LogP contribution is 2.59. The van der Waals surface area contributed by atoms with E-state index >= 15 is 0 Å². The first-order valence-electron chi connectivity index (χ1n) is 14.4. The number of rotatable bonds is 7. The van der Waals surface area contributed by atoms with Gasteiger partial charge in [-0.25, -0.2) is 8.78 Å². The molecule has 3 N–H and O–H groups in total. The lowest BCUT2D eigenvalue weighted by molar-refractivity contribution is -0.148. The minimum atomic E-state index is -5.77. The normalized spacial score (nSPS) is 22.8. The fourth-order valence-electron chi connectivity index (χ4n) is 6.50. The van der Waals surface area contributed by atoms with Gasteiger partial charge in [0.1, 0.15) is 12.1 Å². The average molecular weight is 669 g/mol. The number of halogens is 4. The number of fused-ring (bicyclic) bond motifs is 2. The van der Waals surface area contributed by atoms with Gasteiger partial charge in [-0.05, 0) is 67.3 Å². The zero-order valence-electron chi connectivity index (χ0n) is 23.6. The molecule has 3 aliphatic heterocycles. The van der Waals surface area contributed by atoms with Crippen molar-refractivity contribution in [1.29, 1.82) is 0 Å². The van der Waals surface area contributed by atoms with Gasteiger partial charge in [0.25, 0.3) is 12.3 Å². The summed E-state index contributed by atoms with van der Waals surface area (Å²) >= 11 is 0.980. The zero-order valence-corrected chi connectivity index (χ0v) is 25.3. The summed E-state index contributed by atoms with van der Waals surface area (Å²) in [6.07, 6.45) is 2.73. The van der Waals surface area contributed by atoms with Gasteiger partial charge in [0.2, 0.25) is 11.8 Å². The molecule has 0 radical (unpaired) electrons. The van der Waals surface area contributed by atoms with Gasteiger partial charge >= 0.3 is 13.3 Å². The third-order valence-corrected chi connectivity index (χ3v) is 11.0. The van der Waals surface area contributed by atoms with Crippen LogP contribution in [0.25, 0.3) is 10.1 Å². The largest absolute Gasteiger partial charge is 0.399 e. The predicted octanol–water partition coefficient (Wildman–Crippen LogP) is 4.73. The number of thiophene rings is 1. The van der Waals surface area contributed by atoms with E-state index in [1.54, 1.807) is 9.80 Å². The van der Waals surface area contributed by atoms with Crippen molar-refractivity contribution in [2.75, 3.05) is 13.1 Å². The second-order valence-electron chi connectivity index (χ2n) is 11.6. The number of amides is 3. The lowest BCUT2D eigenvalue weighted by Gasteiger charge is -2.43. The van der Waals surface area contributed by atoms with Gasteiger partial charge in [0.15, 0.2) is 0 Å². The van der Waals surface area contributed by atoms with Crippen LogP contribution in [-0.2, 0) is 19.8 Å². The fourth-order valence-corrected chi connectivity index (χ4v) is 7.92. The molecule has 0 unspecified atom stereocenters. The van der Waals surface area contributed by atoms with E-state index in [1.165, 1.54) is 30.6 Å². The van der Waals surface area contributed by atoms with Gasteiger partial charge in [0.05, 0.1) is 4.88 Å². The SMILES string of the molecule is O=C(N[C@H]1CCC[C@H]2CC[C@@H](C(=O)N3CC(c4cnccc4C(F)F)C3)N2C1=O)c1cc2cc(C(F)(F)P(=O)(O)O)ccc2s1. The quantitative estimate of drug-likeness (QED) is 0.244. The molecule has 6 rings (SSSR count). The van der Waals surface area contributed by atoms with Gasteiger partial charge in [-0.3, -0.25) is 23.9 Å². The summed E-state index contributed by atoms with van der Waals surface area (Å²) < 4.78 is 67.1. The summed E-state index contributed by atoms with van der Waals surface area (Å²) in [5.74, 6) is -1.55. The van der Waals surface area contributed by atoms with Crippen LogP contribution in [-0.4, -0.2) is 73.5 Å². The predicted molar refractivity (Wildman–Crippen MR) is 155 cm³/mol. The molecule has 0 spiro atoms. The number of aromatic nitrogens is 1. The Morgan fingerprint density at radius 2 is 1.84 bits per heavy atom. The fraction of sp³-hybridized carbons (Fsp3) is 0.448. The molecule has 3 aromatic rings. The molecular weight excluding hydrogens is 639 g/mol. The molecule has 0 saturated carbocycles. The third kappa shape index (κ3) is 5.75. The number of carbonyl (C=O) groups excluding carboxylic acids is 3. The molecule has 3 saturated heterocycles. The Hall–Kier alpha value is -3.39. The average Bonchev–Trinajstić information content (AvgIpc) is 3.55. The first-order chi connectivity index (χ1) is 21.3. The van der Waals surface area contributed by atoms with E-state index in [1.807, 2.05) is 0 Å². The number of alkyl halides is 4. The monoisotopic (exact) mass is 668 g/mol. The van der Waals surface area contributed by atoms with Crippen molar-refractivity contribution in [3.05, 3.63) is 64.3 Å². The maximum atomic E-state index is 14.2. The lowest BCUT2D eigenvalue weighted by Crippen LogP contribution is -2.58. The molecule has 3 aliphatic rings. The highest BCUT2D eigenvalue weighted by atomic mass is 32.1. The van der Waals surface area contributed by atoms with Crippen LogP contribution in [0.3, 0.4) is 0 Å². The van der Waals surface area contributed by atoms with Gasteiger partial charge in [-0.2, -0.15) is 8.78 Å². The number of hydrogen-bond acceptors (Lipinski definition) is 6. The molecule has 2 aromatic heterocycles. The Labute approximate surface area is 258 Å². The highest BCUT2D eigenvalue weighted by Gasteiger charge is 2.51. The van der Waals surface area contributed by atoms with Crippen LogP contribution >= 0.6 is 18.9 Å². The molecule has 5 heterocycles. The summed E-state index contributed by atoms with van der Waals surface area (Å²) in [6, 6.07) is 3.83. The number of benzene rings is 1. The van der Waals surface area contributed by atoms with Crippen molar-refractivity contribution in [3.63, 3.8) is 0 Å². The van der Waals surface area contributed by atoms with Crippen molar-refractivity contribution in [1.82, 2.24) is 20.1 Å². The van der Waals surface area contributed by atoms with E-state index in [4.69, 9.17) is 9.79 Å². The lowest BCUT2D eigenvalue weighted by atomic mass is 9.88. The molecule has 0 bridgehead atoms. The number of pyridine rings is 1. The van der Waals surface area contributed by atoms with Crippen LogP contribution in [0.1, 0.15) is 70.8 Å². The smallest absolute Gasteiger partial charge is 0.340 e. The summed E-state index contributed by atoms with van der Waals surface area (Å²) in [5.41, 5.74) is -4.99. The van der Waals surface area contributed by atoms with Crippen LogP contribution in [0, 0.1) is 0 Å². The molecule has 10 nitrogen and oxygen atoms in total. The molecule has 3 atom stereocenters. The third-order valence-electron chi connectivity index (χ3n) is 8.88. The molecule has 3 amide bonds. The number of likely N-dealkylation sites (tertiary alicyclic amines) is 1. The second kappa shape index (κ2) is 11.8. The van der Waals surface area contributed by atoms with Crippen molar-refractivity contribution in [2.24, 2.45) is 0 Å². The van der Waals surface area contributed by atoms with Crippen LogP contribution in [0.2, 0.25) is 0 Å². The van der Waals surface area contributed by atoms with Crippen LogP contribution in [0.5, 0.6) is 0 Å². The number of nitrogens with one attached hydrogen (secondary N) is 1. The van der Waals surface area contributed by atoms with E-state index in [0.29, 0.717) is 42.4 Å². The van der Waals surface area contributed by atoms with Crippen molar-refractivity contribution < 1.29 is 46.3 Å². The Balaban J connectivity index is 1.14. The van der Waals surface area contributed by atoms with E-state index < -0.39 is 49.1 Å². The number of hydrogen-bond donors (Lipinski definition) is 3. The molecular formula is C29H29F4N4O6PS. The molecule has 16 heteroatoms. The Kier molecular flexibility index (Phi) is 8.25. The van der Waals surface area contributed by atoms with Gasteiger partial charge < -0.3 is 24.9 Å². The summed E-state index contributed by atoms with van der Waals surface area (Å²) in [6.45, 7) is 0.475. The van der Waals surface area contributed by atoms with Crippen molar-refractivity contribution in [2.45, 2.75) is 68.2 Å². The van der Waals surface area contributed by atoms with E-state index in [2.05, 4.69) is 10.3 Å². The summed E-state index contributed by atoms with van der Waals surface area (Å²) in [7, 11) is -5.77. The van der Waals surface area contributed by atoms with E-state index in [9.17, 15) is 36.5 Å².